The fourth-order valence-corrected chi connectivity index (χ4v) is 14.5. The van der Waals surface area contributed by atoms with Gasteiger partial charge in [-0.1, -0.05) is 68.8 Å². The molecular weight excluding hydrogens is 1370 g/mol. The number of nitrogens with one attached hydrogen (secondary N) is 5. The summed E-state index contributed by atoms with van der Waals surface area (Å²) in [4.78, 5) is 181. The number of hydrogen-bond acceptors (Lipinski definition) is 20. The van der Waals surface area contributed by atoms with Crippen LogP contribution in [0, 0.1) is 11.8 Å². The number of aliphatic carboxylic acids is 4. The van der Waals surface area contributed by atoms with Crippen molar-refractivity contribution in [3.8, 4) is 0 Å². The van der Waals surface area contributed by atoms with Crippen molar-refractivity contribution in [2.75, 3.05) is 95.8 Å². The van der Waals surface area contributed by atoms with Gasteiger partial charge in [0.1, 0.15) is 36.3 Å². The van der Waals surface area contributed by atoms with Gasteiger partial charge in [-0.05, 0) is 74.1 Å². The molecule has 34 heteroatoms. The molecule has 3 aliphatic rings. The van der Waals surface area contributed by atoms with Crippen LogP contribution in [0.5, 0.6) is 0 Å². The van der Waals surface area contributed by atoms with Crippen LogP contribution >= 0.6 is 35.3 Å². The van der Waals surface area contributed by atoms with Gasteiger partial charge in [-0.25, -0.2) is 14.6 Å². The zero-order valence-electron chi connectivity index (χ0n) is 57.5. The van der Waals surface area contributed by atoms with Gasteiger partial charge in [0.2, 0.25) is 47.3 Å². The van der Waals surface area contributed by atoms with Gasteiger partial charge in [0.15, 0.2) is 0 Å². The lowest BCUT2D eigenvalue weighted by molar-refractivity contribution is -0.146. The first kappa shape index (κ1) is 83.8. The van der Waals surface area contributed by atoms with Crippen molar-refractivity contribution >= 4 is 119 Å². The highest BCUT2D eigenvalue weighted by Crippen LogP contribution is 2.29. The van der Waals surface area contributed by atoms with Crippen molar-refractivity contribution < 1.29 is 87.9 Å². The van der Waals surface area contributed by atoms with Gasteiger partial charge >= 0.3 is 29.9 Å². The van der Waals surface area contributed by atoms with Crippen molar-refractivity contribution in [1.82, 2.24) is 51.1 Å². The molecule has 0 radical (unpaired) electrons. The van der Waals surface area contributed by atoms with Crippen LogP contribution in [0.1, 0.15) is 107 Å². The molecular formula is C67H99N13O18S3. The number of amides is 10. The summed E-state index contributed by atoms with van der Waals surface area (Å²) >= 11 is 4.03. The van der Waals surface area contributed by atoms with E-state index in [1.165, 1.54) is 65.1 Å². The highest BCUT2D eigenvalue weighted by molar-refractivity contribution is 7.99. The smallest absolute Gasteiger partial charge is 0.340 e. The van der Waals surface area contributed by atoms with Crippen LogP contribution in [0.2, 0.25) is 0 Å². The van der Waals surface area contributed by atoms with E-state index in [2.05, 4.69) is 31.6 Å². The number of unbranched alkanes of at least 4 members (excludes halogenated alkanes) is 1. The second kappa shape index (κ2) is 43.8. The average Bonchev–Trinajstić information content (AvgIpc) is 1.68. The van der Waals surface area contributed by atoms with Crippen molar-refractivity contribution in [2.24, 2.45) is 28.3 Å². The molecule has 3 unspecified atom stereocenters. The standard InChI is InChI=1S/C67H99N13O18S3/c1-4-5-19-71-67(98)72-34-48(63(92)80-22-10-14-53(80)64(93)79-21-9-13-52(79)59(69)88)40-100-38-46-30-45(37-99-29-20-70-56(83)18-16-54(66(96)97)78-27-25-76(35-57(84)85)23-24-77(26-28-78)36-58(86)87)31-47(32-46)39-101-41-51(65(94)95)75-62(91)50(33-44-11-7-6-8-12-44)74-61(90)49(15-17-55(68)82)73-60(89)42(2)43(3)81/h6-8,11-12,30-32,34,42-43,48-54,81H,4-5,9-10,13-29,33,35-41H2,1-3H3,(H2,68,82)(H2,69,88)(H,70,83)(H,71,98)(H,73,89)(H,74,90)(H,75,91)(H,84,85)(H,86,87)(H,94,95)(H,96,97)/t42-,43+,48?,49-,50-,51?,52-,53-,54?/m0/s1. The number of thioether (sulfide) groups is 3. The Hall–Kier alpha value is -7.89. The fraction of sp³-hybridized carbons (Fsp3) is 0.612. The molecule has 14 N–H and O–H groups in total. The summed E-state index contributed by atoms with van der Waals surface area (Å²) in [6.45, 7) is 6.59. The fourth-order valence-electron chi connectivity index (χ4n) is 11.8. The maximum absolute atomic E-state index is 14.6. The molecule has 0 aliphatic carbocycles. The van der Waals surface area contributed by atoms with Crippen LogP contribution < -0.4 is 38.1 Å². The molecule has 0 bridgehead atoms. The van der Waals surface area contributed by atoms with Gasteiger partial charge in [0.25, 0.3) is 0 Å². The molecule has 0 spiro atoms. The molecule has 3 saturated heterocycles. The van der Waals surface area contributed by atoms with Crippen molar-refractivity contribution in [1.29, 1.82) is 0 Å². The minimum atomic E-state index is -1.49. The molecule has 0 saturated carbocycles. The topological polar surface area (TPSA) is 464 Å². The molecule has 3 heterocycles. The van der Waals surface area contributed by atoms with Crippen molar-refractivity contribution in [3.05, 3.63) is 70.8 Å². The SMILES string of the molecule is CCCCNC(=O)N=CC(CSCc1cc(CSCCNC(=O)CCC(C(=O)O)N2CCN(CC(=O)O)CCN(CC(=O)O)CC2)cc(CSCC(NC(=O)[C@H](Cc2ccccc2)NC(=O)[C@H](CCC(N)=O)NC(=O)[C@@H](C)[C@@H](C)O)C(=O)O)c1)C(=O)N1CCC[C@H]1C(=O)N1CCC[C@H]1C(N)=O. The monoisotopic (exact) mass is 1470 g/mol. The number of likely N-dealkylation sites (tertiary alicyclic amines) is 2. The third-order valence-corrected chi connectivity index (χ3v) is 20.7. The first-order chi connectivity index (χ1) is 48.1. The van der Waals surface area contributed by atoms with Gasteiger partial charge in [-0.15, -0.1) is 0 Å². The number of nitrogens with zero attached hydrogens (tertiary/aromatic N) is 6. The Kier molecular flexibility index (Phi) is 36.3. The van der Waals surface area contributed by atoms with Crippen LogP contribution in [-0.2, 0) is 81.2 Å². The molecule has 9 atom stereocenters. The van der Waals surface area contributed by atoms with E-state index in [9.17, 15) is 87.9 Å². The number of primary amides is 2. The number of aliphatic hydroxyl groups is 1. The van der Waals surface area contributed by atoms with Crippen LogP contribution in [-0.4, -0.2) is 272 Å². The number of aliphatic hydroxyl groups excluding tert-OH is 1. The van der Waals surface area contributed by atoms with Gasteiger partial charge in [-0.3, -0.25) is 67.4 Å². The normalized spacial score (nSPS) is 18.3. The lowest BCUT2D eigenvalue weighted by atomic mass is 10.0. The van der Waals surface area contributed by atoms with E-state index in [4.69, 9.17) is 11.5 Å². The lowest BCUT2D eigenvalue weighted by Crippen LogP contribution is -2.57. The molecule has 2 aromatic rings. The number of benzene rings is 2. The average molecular weight is 1470 g/mol. The molecule has 10 amide bonds. The summed E-state index contributed by atoms with van der Waals surface area (Å²) in [7, 11) is 0. The summed E-state index contributed by atoms with van der Waals surface area (Å²) in [5, 5.41) is 63.2. The summed E-state index contributed by atoms with van der Waals surface area (Å²) in [5.41, 5.74) is 14.0. The largest absolute Gasteiger partial charge is 0.480 e. The van der Waals surface area contributed by atoms with E-state index in [0.29, 0.717) is 68.0 Å². The van der Waals surface area contributed by atoms with Gasteiger partial charge in [0, 0.05) is 125 Å². The van der Waals surface area contributed by atoms with Gasteiger partial charge < -0.3 is 73.4 Å². The molecule has 558 valence electrons. The highest BCUT2D eigenvalue weighted by Gasteiger charge is 2.43. The molecule has 3 aliphatic heterocycles. The second-order valence-electron chi connectivity index (χ2n) is 25.4. The summed E-state index contributed by atoms with van der Waals surface area (Å²) in [5.74, 6) is -10.4. The van der Waals surface area contributed by atoms with Crippen LogP contribution in [0.4, 0.5) is 4.79 Å². The van der Waals surface area contributed by atoms with E-state index in [1.807, 2.05) is 25.1 Å². The molecule has 31 nitrogen and oxygen atoms in total. The lowest BCUT2D eigenvalue weighted by Gasteiger charge is -2.31. The number of carbonyl (C=O) groups is 13. The Balaban J connectivity index is 1.34. The third kappa shape index (κ3) is 29.5. The Morgan fingerprint density at radius 1 is 0.614 bits per heavy atom. The van der Waals surface area contributed by atoms with E-state index in [-0.39, 0.29) is 121 Å². The summed E-state index contributed by atoms with van der Waals surface area (Å²) in [6.07, 6.45) is 2.73. The van der Waals surface area contributed by atoms with E-state index in [1.54, 1.807) is 45.0 Å². The first-order valence-corrected chi connectivity index (χ1v) is 37.4. The highest BCUT2D eigenvalue weighted by atomic mass is 32.2. The maximum Gasteiger partial charge on any atom is 0.340 e. The minimum Gasteiger partial charge on any atom is -0.480 e. The molecule has 2 aromatic carbocycles. The Morgan fingerprint density at radius 3 is 1.73 bits per heavy atom. The molecule has 0 aromatic heterocycles. The van der Waals surface area contributed by atoms with Gasteiger partial charge in [0.05, 0.1) is 31.0 Å². The van der Waals surface area contributed by atoms with Crippen LogP contribution in [0.15, 0.2) is 53.5 Å². The number of rotatable bonds is 42. The second-order valence-corrected chi connectivity index (χ2v) is 28.5. The third-order valence-electron chi connectivity index (χ3n) is 17.5. The maximum atomic E-state index is 14.6. The number of aliphatic imine (C=N–C) groups is 1. The quantitative estimate of drug-likeness (QED) is 0.0319. The minimum absolute atomic E-state index is 0.0775. The van der Waals surface area contributed by atoms with E-state index >= 15 is 0 Å². The van der Waals surface area contributed by atoms with E-state index < -0.39 is 125 Å². The number of carboxylic acid groups (broad SMARTS) is 4. The number of urea groups is 1. The zero-order chi connectivity index (χ0) is 74.1. The summed E-state index contributed by atoms with van der Waals surface area (Å²) in [6, 6.07) is 6.72. The molecule has 101 heavy (non-hydrogen) atoms. The zero-order valence-corrected chi connectivity index (χ0v) is 60.0. The number of hydrogen-bond donors (Lipinski definition) is 12. The van der Waals surface area contributed by atoms with Crippen molar-refractivity contribution in [3.63, 3.8) is 0 Å². The number of carbonyl (C=O) groups excluding carboxylic acids is 9. The predicted molar refractivity (Wildman–Crippen MR) is 380 cm³/mol. The predicted octanol–water partition coefficient (Wildman–Crippen LogP) is 0.553. The Labute approximate surface area is 600 Å². The van der Waals surface area contributed by atoms with E-state index in [0.717, 1.165) is 23.1 Å². The Morgan fingerprint density at radius 2 is 1.17 bits per heavy atom. The molecule has 3 fully saturated rings. The number of nitrogens with two attached hydrogens (primary N) is 2. The van der Waals surface area contributed by atoms with Crippen LogP contribution in [0.25, 0.3) is 0 Å². The number of carboxylic acids is 4. The van der Waals surface area contributed by atoms with Crippen LogP contribution in [0.3, 0.4) is 0 Å². The summed E-state index contributed by atoms with van der Waals surface area (Å²) < 4.78 is 0. The Bertz CT molecular complexity index is 3160. The van der Waals surface area contributed by atoms with Gasteiger partial charge in [-0.2, -0.15) is 35.3 Å². The molecule has 5 rings (SSSR count). The first-order valence-electron chi connectivity index (χ1n) is 34.0. The van der Waals surface area contributed by atoms with Crippen molar-refractivity contribution in [2.45, 2.75) is 151 Å².